The van der Waals surface area contributed by atoms with E-state index in [-0.39, 0.29) is 0 Å². The summed E-state index contributed by atoms with van der Waals surface area (Å²) in [6.07, 6.45) is 5.66. The van der Waals surface area contributed by atoms with Crippen LogP contribution in [0.3, 0.4) is 0 Å². The summed E-state index contributed by atoms with van der Waals surface area (Å²) in [5.74, 6) is 0. The second-order valence-corrected chi connectivity index (χ2v) is 5.17. The van der Waals surface area contributed by atoms with E-state index >= 15 is 0 Å². The highest BCUT2D eigenvalue weighted by atomic mass is 14.9. The summed E-state index contributed by atoms with van der Waals surface area (Å²) in [5.41, 5.74) is 3.51. The van der Waals surface area contributed by atoms with Crippen LogP contribution in [0.2, 0.25) is 0 Å². The Labute approximate surface area is 110 Å². The zero-order valence-electron chi connectivity index (χ0n) is 11.4. The monoisotopic (exact) mass is 242 g/mol. The Morgan fingerprint density at radius 3 is 2.83 bits per heavy atom. The minimum atomic E-state index is 0.539. The molecule has 0 aromatic heterocycles. The van der Waals surface area contributed by atoms with Gasteiger partial charge in [0.15, 0.2) is 0 Å². The Morgan fingerprint density at radius 1 is 1.39 bits per heavy atom. The standard InChI is InChI=1S/C16H22N2/c1-3-14(4-2)18-15-9-8-12-6-5-7-13(11-17)16(12)10-15/h5-7,14-15,18H,3-4,8-10H2,1-2H3. The fraction of sp³-hybridized carbons (Fsp3) is 0.562. The summed E-state index contributed by atoms with van der Waals surface area (Å²) >= 11 is 0. The predicted molar refractivity (Wildman–Crippen MR) is 74.5 cm³/mol. The molecule has 0 saturated carbocycles. The fourth-order valence-electron chi connectivity index (χ4n) is 2.89. The van der Waals surface area contributed by atoms with Gasteiger partial charge in [-0.2, -0.15) is 5.26 Å². The summed E-state index contributed by atoms with van der Waals surface area (Å²) < 4.78 is 0. The molecule has 18 heavy (non-hydrogen) atoms. The molecule has 0 bridgehead atoms. The van der Waals surface area contributed by atoms with E-state index in [2.05, 4.69) is 31.3 Å². The van der Waals surface area contributed by atoms with E-state index in [4.69, 9.17) is 0 Å². The molecule has 2 rings (SSSR count). The predicted octanol–water partition coefficient (Wildman–Crippen LogP) is 3.19. The highest BCUT2D eigenvalue weighted by molar-refractivity contribution is 5.44. The summed E-state index contributed by atoms with van der Waals surface area (Å²) in [4.78, 5) is 0. The van der Waals surface area contributed by atoms with Crippen LogP contribution in [-0.4, -0.2) is 12.1 Å². The molecule has 96 valence electrons. The van der Waals surface area contributed by atoms with Gasteiger partial charge < -0.3 is 5.32 Å². The smallest absolute Gasteiger partial charge is 0.0994 e. The van der Waals surface area contributed by atoms with Gasteiger partial charge in [-0.15, -0.1) is 0 Å². The molecule has 0 radical (unpaired) electrons. The molecule has 0 fully saturated rings. The first kappa shape index (κ1) is 13.1. The largest absolute Gasteiger partial charge is 0.311 e. The molecule has 0 saturated heterocycles. The maximum absolute atomic E-state index is 9.18. The Bertz CT molecular complexity index is 441. The van der Waals surface area contributed by atoms with Crippen LogP contribution in [0.15, 0.2) is 18.2 Å². The van der Waals surface area contributed by atoms with Crippen molar-refractivity contribution in [2.45, 2.75) is 58.0 Å². The maximum Gasteiger partial charge on any atom is 0.0994 e. The van der Waals surface area contributed by atoms with Crippen molar-refractivity contribution in [3.8, 4) is 6.07 Å². The fourth-order valence-corrected chi connectivity index (χ4v) is 2.89. The molecule has 1 aromatic rings. The van der Waals surface area contributed by atoms with Crippen molar-refractivity contribution in [2.24, 2.45) is 0 Å². The number of nitriles is 1. The maximum atomic E-state index is 9.18. The molecule has 2 heteroatoms. The Balaban J connectivity index is 2.12. The highest BCUT2D eigenvalue weighted by Gasteiger charge is 2.22. The van der Waals surface area contributed by atoms with E-state index in [1.165, 1.54) is 30.4 Å². The van der Waals surface area contributed by atoms with Gasteiger partial charge in [-0.05, 0) is 49.3 Å². The second kappa shape index (κ2) is 6.02. The first-order valence-electron chi connectivity index (χ1n) is 7.05. The number of rotatable bonds is 4. The number of nitrogens with one attached hydrogen (secondary N) is 1. The number of hydrogen-bond donors (Lipinski definition) is 1. The average molecular weight is 242 g/mol. The van der Waals surface area contributed by atoms with Crippen molar-refractivity contribution in [1.82, 2.24) is 5.32 Å². The lowest BCUT2D eigenvalue weighted by Crippen LogP contribution is -2.41. The molecule has 0 amide bonds. The topological polar surface area (TPSA) is 35.8 Å². The van der Waals surface area contributed by atoms with Gasteiger partial charge >= 0.3 is 0 Å². The number of hydrogen-bond acceptors (Lipinski definition) is 2. The number of nitrogens with zero attached hydrogens (tertiary/aromatic N) is 1. The summed E-state index contributed by atoms with van der Waals surface area (Å²) in [6.45, 7) is 4.47. The van der Waals surface area contributed by atoms with Crippen LogP contribution in [-0.2, 0) is 12.8 Å². The van der Waals surface area contributed by atoms with Crippen LogP contribution in [0.1, 0.15) is 49.8 Å². The van der Waals surface area contributed by atoms with Gasteiger partial charge in [-0.3, -0.25) is 0 Å². The van der Waals surface area contributed by atoms with Gasteiger partial charge in [-0.1, -0.05) is 26.0 Å². The van der Waals surface area contributed by atoms with Crippen molar-refractivity contribution in [1.29, 1.82) is 5.26 Å². The van der Waals surface area contributed by atoms with E-state index in [0.29, 0.717) is 12.1 Å². The molecular formula is C16H22N2. The van der Waals surface area contributed by atoms with Crippen molar-refractivity contribution in [2.75, 3.05) is 0 Å². The van der Waals surface area contributed by atoms with Crippen LogP contribution < -0.4 is 5.32 Å². The van der Waals surface area contributed by atoms with Crippen LogP contribution in [0.5, 0.6) is 0 Å². The van der Waals surface area contributed by atoms with Crippen LogP contribution in [0.25, 0.3) is 0 Å². The molecular weight excluding hydrogens is 220 g/mol. The quantitative estimate of drug-likeness (QED) is 0.880. The lowest BCUT2D eigenvalue weighted by atomic mass is 9.85. The minimum absolute atomic E-state index is 0.539. The lowest BCUT2D eigenvalue weighted by Gasteiger charge is -2.29. The zero-order chi connectivity index (χ0) is 13.0. The first-order chi connectivity index (χ1) is 8.78. The van der Waals surface area contributed by atoms with Gasteiger partial charge in [0.05, 0.1) is 11.6 Å². The molecule has 1 N–H and O–H groups in total. The van der Waals surface area contributed by atoms with E-state index in [9.17, 15) is 5.26 Å². The van der Waals surface area contributed by atoms with Gasteiger partial charge in [-0.25, -0.2) is 0 Å². The van der Waals surface area contributed by atoms with Crippen LogP contribution in [0.4, 0.5) is 0 Å². The highest BCUT2D eigenvalue weighted by Crippen LogP contribution is 2.25. The van der Waals surface area contributed by atoms with Crippen molar-refractivity contribution in [3.05, 3.63) is 34.9 Å². The summed E-state index contributed by atoms with van der Waals surface area (Å²) in [7, 11) is 0. The molecule has 1 aliphatic carbocycles. The Kier molecular flexibility index (Phi) is 4.38. The molecule has 0 aliphatic heterocycles. The van der Waals surface area contributed by atoms with Gasteiger partial charge in [0.2, 0.25) is 0 Å². The summed E-state index contributed by atoms with van der Waals surface area (Å²) in [6, 6.07) is 9.60. The Hall–Kier alpha value is -1.33. The van der Waals surface area contributed by atoms with E-state index < -0.39 is 0 Å². The normalized spacial score (nSPS) is 18.4. The molecule has 1 aliphatic rings. The first-order valence-corrected chi connectivity index (χ1v) is 7.05. The molecule has 1 atom stereocenters. The van der Waals surface area contributed by atoms with E-state index in [1.807, 2.05) is 12.1 Å². The lowest BCUT2D eigenvalue weighted by molar-refractivity contribution is 0.378. The van der Waals surface area contributed by atoms with Crippen molar-refractivity contribution < 1.29 is 0 Å². The third-order valence-corrected chi connectivity index (χ3v) is 4.06. The van der Waals surface area contributed by atoms with Crippen LogP contribution in [0, 0.1) is 11.3 Å². The van der Waals surface area contributed by atoms with Gasteiger partial charge in [0, 0.05) is 12.1 Å². The average Bonchev–Trinajstić information content (AvgIpc) is 2.43. The van der Waals surface area contributed by atoms with E-state index in [0.717, 1.165) is 18.4 Å². The second-order valence-electron chi connectivity index (χ2n) is 5.17. The molecule has 1 unspecified atom stereocenters. The number of fused-ring (bicyclic) bond motifs is 1. The molecule has 2 nitrogen and oxygen atoms in total. The van der Waals surface area contributed by atoms with Crippen molar-refractivity contribution in [3.63, 3.8) is 0 Å². The van der Waals surface area contributed by atoms with Gasteiger partial charge in [0.1, 0.15) is 0 Å². The van der Waals surface area contributed by atoms with Gasteiger partial charge in [0.25, 0.3) is 0 Å². The summed E-state index contributed by atoms with van der Waals surface area (Å²) in [5, 5.41) is 12.9. The number of benzene rings is 1. The SMILES string of the molecule is CCC(CC)NC1CCc2cccc(C#N)c2C1. The minimum Gasteiger partial charge on any atom is -0.311 e. The Morgan fingerprint density at radius 2 is 2.17 bits per heavy atom. The molecule has 0 heterocycles. The zero-order valence-corrected chi connectivity index (χ0v) is 11.4. The number of aryl methyl sites for hydroxylation is 1. The molecule has 0 spiro atoms. The van der Waals surface area contributed by atoms with Crippen molar-refractivity contribution >= 4 is 0 Å². The third-order valence-electron chi connectivity index (χ3n) is 4.06. The third kappa shape index (κ3) is 2.73. The van der Waals surface area contributed by atoms with E-state index in [1.54, 1.807) is 0 Å². The van der Waals surface area contributed by atoms with Crippen LogP contribution >= 0.6 is 0 Å². The molecule has 1 aromatic carbocycles.